The number of oxazole rings is 1. The predicted molar refractivity (Wildman–Crippen MR) is 122 cm³/mol. The molecule has 0 bridgehead atoms. The molecule has 1 atom stereocenters. The first-order chi connectivity index (χ1) is 15.7. The number of furan rings is 1. The number of nitrogens with zero attached hydrogens (tertiary/aromatic N) is 2. The fourth-order valence-corrected chi connectivity index (χ4v) is 4.23. The highest BCUT2D eigenvalue weighted by atomic mass is 16.3. The number of fused-ring (bicyclic) bond motifs is 1. The average molecular weight is 428 g/mol. The summed E-state index contributed by atoms with van der Waals surface area (Å²) in [5, 5.41) is 2.98. The molecule has 0 aliphatic carbocycles. The third-order valence-corrected chi connectivity index (χ3v) is 5.89. The van der Waals surface area contributed by atoms with Crippen LogP contribution in [0.1, 0.15) is 34.3 Å². The molecule has 6 heteroatoms. The lowest BCUT2D eigenvalue weighted by molar-refractivity contribution is 0.0952. The fraction of sp³-hybridized carbons (Fsp3) is 0.231. The molecule has 5 rings (SSSR count). The van der Waals surface area contributed by atoms with Gasteiger partial charge in [-0.2, -0.15) is 0 Å². The molecule has 4 aromatic rings. The average Bonchev–Trinajstić information content (AvgIpc) is 3.54. The first-order valence-corrected chi connectivity index (χ1v) is 10.9. The molecule has 2 aromatic heterocycles. The van der Waals surface area contributed by atoms with Crippen molar-refractivity contribution >= 4 is 11.6 Å². The molecule has 32 heavy (non-hydrogen) atoms. The molecular formula is C26H25N3O3. The van der Waals surface area contributed by atoms with Crippen molar-refractivity contribution in [2.24, 2.45) is 0 Å². The van der Waals surface area contributed by atoms with Crippen molar-refractivity contribution in [2.45, 2.75) is 32.4 Å². The lowest BCUT2D eigenvalue weighted by Gasteiger charge is -2.24. The lowest BCUT2D eigenvalue weighted by atomic mass is 10.1. The molecule has 3 heterocycles. The summed E-state index contributed by atoms with van der Waals surface area (Å²) in [6, 6.07) is 20.3. The van der Waals surface area contributed by atoms with Crippen molar-refractivity contribution in [3.63, 3.8) is 0 Å². The van der Waals surface area contributed by atoms with Crippen LogP contribution in [0, 0.1) is 0 Å². The Labute approximate surface area is 186 Å². The second-order valence-corrected chi connectivity index (χ2v) is 8.08. The zero-order valence-corrected chi connectivity index (χ0v) is 18.0. The van der Waals surface area contributed by atoms with E-state index in [-0.39, 0.29) is 5.91 Å². The maximum Gasteiger partial charge on any atom is 0.254 e. The second-order valence-electron chi connectivity index (χ2n) is 8.08. The minimum Gasteiger partial charge on any atom is -0.467 e. The largest absolute Gasteiger partial charge is 0.467 e. The van der Waals surface area contributed by atoms with Gasteiger partial charge in [0.25, 0.3) is 5.91 Å². The standard InChI is InChI=1S/C26H25N3O3/c1-18-15-20-9-5-6-10-23(20)29(18)16-24-22(12-14-31-24)25(30)27-13-11-21-17-32-26(28-21)19-7-3-2-4-8-19/h2-10,12,14,17-18H,11,13,15-16H2,1H3,(H,27,30). The Bertz CT molecular complexity index is 1210. The lowest BCUT2D eigenvalue weighted by Crippen LogP contribution is -2.31. The second kappa shape index (κ2) is 8.75. The molecule has 0 fully saturated rings. The summed E-state index contributed by atoms with van der Waals surface area (Å²) in [4.78, 5) is 19.6. The van der Waals surface area contributed by atoms with Crippen molar-refractivity contribution in [1.29, 1.82) is 0 Å². The van der Waals surface area contributed by atoms with Crippen molar-refractivity contribution in [2.75, 3.05) is 11.4 Å². The highest BCUT2D eigenvalue weighted by Gasteiger charge is 2.27. The van der Waals surface area contributed by atoms with Crippen molar-refractivity contribution < 1.29 is 13.6 Å². The van der Waals surface area contributed by atoms with Gasteiger partial charge in [-0.15, -0.1) is 0 Å². The predicted octanol–water partition coefficient (Wildman–Crippen LogP) is 4.86. The number of aromatic nitrogens is 1. The third-order valence-electron chi connectivity index (χ3n) is 5.89. The monoisotopic (exact) mass is 427 g/mol. The summed E-state index contributed by atoms with van der Waals surface area (Å²) >= 11 is 0. The number of benzene rings is 2. The summed E-state index contributed by atoms with van der Waals surface area (Å²) in [6.07, 6.45) is 4.82. The maximum absolute atomic E-state index is 12.8. The third kappa shape index (κ3) is 4.04. The van der Waals surface area contributed by atoms with Crippen molar-refractivity contribution in [3.8, 4) is 11.5 Å². The van der Waals surface area contributed by atoms with E-state index >= 15 is 0 Å². The molecule has 0 saturated carbocycles. The Morgan fingerprint density at radius 1 is 1.09 bits per heavy atom. The summed E-state index contributed by atoms with van der Waals surface area (Å²) in [6.45, 7) is 3.23. The molecule has 6 nitrogen and oxygen atoms in total. The molecule has 1 N–H and O–H groups in total. The van der Waals surface area contributed by atoms with E-state index in [9.17, 15) is 4.79 Å². The van der Waals surface area contributed by atoms with Gasteiger partial charge in [0.1, 0.15) is 12.0 Å². The highest BCUT2D eigenvalue weighted by Crippen LogP contribution is 2.33. The van der Waals surface area contributed by atoms with Crippen LogP contribution in [-0.4, -0.2) is 23.5 Å². The van der Waals surface area contributed by atoms with Gasteiger partial charge in [-0.1, -0.05) is 36.4 Å². The van der Waals surface area contributed by atoms with E-state index in [2.05, 4.69) is 40.3 Å². The van der Waals surface area contributed by atoms with E-state index in [0.717, 1.165) is 17.7 Å². The van der Waals surface area contributed by atoms with Gasteiger partial charge in [0, 0.05) is 30.3 Å². The number of carbonyl (C=O) groups is 1. The summed E-state index contributed by atoms with van der Waals surface area (Å²) in [5.74, 6) is 1.13. The van der Waals surface area contributed by atoms with Crippen LogP contribution in [0.4, 0.5) is 5.69 Å². The van der Waals surface area contributed by atoms with Gasteiger partial charge in [0.2, 0.25) is 5.89 Å². The number of anilines is 1. The summed E-state index contributed by atoms with van der Waals surface area (Å²) in [5.41, 5.74) is 4.86. The Balaban J connectivity index is 1.20. The Morgan fingerprint density at radius 2 is 1.91 bits per heavy atom. The van der Waals surface area contributed by atoms with Gasteiger partial charge in [-0.3, -0.25) is 4.79 Å². The summed E-state index contributed by atoms with van der Waals surface area (Å²) in [7, 11) is 0. The number of carbonyl (C=O) groups excluding carboxylic acids is 1. The molecule has 1 aliphatic heterocycles. The molecule has 2 aromatic carbocycles. The van der Waals surface area contributed by atoms with Crippen LogP contribution in [-0.2, 0) is 19.4 Å². The first-order valence-electron chi connectivity index (χ1n) is 10.9. The molecular weight excluding hydrogens is 402 g/mol. The Morgan fingerprint density at radius 3 is 2.78 bits per heavy atom. The van der Waals surface area contributed by atoms with Crippen LogP contribution in [0.5, 0.6) is 0 Å². The number of hydrogen-bond acceptors (Lipinski definition) is 5. The minimum absolute atomic E-state index is 0.138. The normalized spacial score (nSPS) is 15.0. The van der Waals surface area contributed by atoms with Gasteiger partial charge in [0.05, 0.1) is 24.1 Å². The van der Waals surface area contributed by atoms with Crippen LogP contribution < -0.4 is 10.2 Å². The molecule has 1 aliphatic rings. The zero-order chi connectivity index (χ0) is 21.9. The SMILES string of the molecule is CC1Cc2ccccc2N1Cc1occc1C(=O)NCCc1coc(-c2ccccc2)n1. The first kappa shape index (κ1) is 20.1. The van der Waals surface area contributed by atoms with Crippen molar-refractivity contribution in [1.82, 2.24) is 10.3 Å². The molecule has 0 saturated heterocycles. The topological polar surface area (TPSA) is 71.5 Å². The molecule has 1 unspecified atom stereocenters. The Kier molecular flexibility index (Phi) is 5.50. The van der Waals surface area contributed by atoms with E-state index in [4.69, 9.17) is 8.83 Å². The van der Waals surface area contributed by atoms with E-state index < -0.39 is 0 Å². The fourth-order valence-electron chi connectivity index (χ4n) is 4.23. The number of rotatable bonds is 7. The van der Waals surface area contributed by atoms with Crippen LogP contribution in [0.2, 0.25) is 0 Å². The summed E-state index contributed by atoms with van der Waals surface area (Å²) < 4.78 is 11.3. The van der Waals surface area contributed by atoms with E-state index in [1.807, 2.05) is 36.4 Å². The number of amides is 1. The van der Waals surface area contributed by atoms with E-state index in [0.29, 0.717) is 42.8 Å². The van der Waals surface area contributed by atoms with Crippen LogP contribution in [0.25, 0.3) is 11.5 Å². The zero-order valence-electron chi connectivity index (χ0n) is 18.0. The van der Waals surface area contributed by atoms with Crippen LogP contribution >= 0.6 is 0 Å². The Hall–Kier alpha value is -3.80. The van der Waals surface area contributed by atoms with Gasteiger partial charge in [-0.05, 0) is 43.2 Å². The molecule has 162 valence electrons. The van der Waals surface area contributed by atoms with Gasteiger partial charge < -0.3 is 19.1 Å². The van der Waals surface area contributed by atoms with Crippen LogP contribution in [0.15, 0.2) is 82.0 Å². The van der Waals surface area contributed by atoms with Gasteiger partial charge in [0.15, 0.2) is 0 Å². The molecule has 1 amide bonds. The number of nitrogens with one attached hydrogen (secondary N) is 1. The highest BCUT2D eigenvalue weighted by molar-refractivity contribution is 5.95. The number of para-hydroxylation sites is 1. The molecule has 0 radical (unpaired) electrons. The smallest absolute Gasteiger partial charge is 0.254 e. The van der Waals surface area contributed by atoms with Gasteiger partial charge in [-0.25, -0.2) is 4.98 Å². The van der Waals surface area contributed by atoms with Crippen molar-refractivity contribution in [3.05, 3.63) is 95.8 Å². The quantitative estimate of drug-likeness (QED) is 0.456. The van der Waals surface area contributed by atoms with Gasteiger partial charge >= 0.3 is 0 Å². The minimum atomic E-state index is -0.138. The molecule has 0 spiro atoms. The van der Waals surface area contributed by atoms with Crippen LogP contribution in [0.3, 0.4) is 0 Å². The van der Waals surface area contributed by atoms with E-state index in [1.165, 1.54) is 11.3 Å². The van der Waals surface area contributed by atoms with E-state index in [1.54, 1.807) is 18.6 Å². The number of hydrogen-bond donors (Lipinski definition) is 1. The maximum atomic E-state index is 12.8.